The monoisotopic (exact) mass is 271 g/mol. The first-order valence-corrected chi connectivity index (χ1v) is 6.11. The summed E-state index contributed by atoms with van der Waals surface area (Å²) < 4.78 is 0. The predicted octanol–water partition coefficient (Wildman–Crippen LogP) is 2.28. The average molecular weight is 271 g/mol. The lowest BCUT2D eigenvalue weighted by atomic mass is 10.1. The van der Waals surface area contributed by atoms with Gasteiger partial charge in [-0.15, -0.1) is 0 Å². The van der Waals surface area contributed by atoms with Gasteiger partial charge in [-0.3, -0.25) is 9.78 Å². The Bertz CT molecular complexity index is 640. The minimum atomic E-state index is -0.205. The third-order valence-electron chi connectivity index (χ3n) is 2.56. The predicted molar refractivity (Wildman–Crippen MR) is 79.3 cm³/mol. The molecular formula is C14H13N3OS. The van der Waals surface area contributed by atoms with E-state index in [1.807, 2.05) is 6.92 Å². The fourth-order valence-corrected chi connectivity index (χ4v) is 1.77. The zero-order chi connectivity index (χ0) is 13.8. The molecule has 2 aromatic rings. The van der Waals surface area contributed by atoms with Crippen molar-refractivity contribution in [3.8, 4) is 0 Å². The van der Waals surface area contributed by atoms with E-state index in [2.05, 4.69) is 10.3 Å². The van der Waals surface area contributed by atoms with Gasteiger partial charge in [0.25, 0.3) is 5.91 Å². The third-order valence-corrected chi connectivity index (χ3v) is 2.80. The number of anilines is 1. The van der Waals surface area contributed by atoms with Crippen molar-refractivity contribution in [1.29, 1.82) is 0 Å². The summed E-state index contributed by atoms with van der Waals surface area (Å²) in [5.41, 5.74) is 8.28. The van der Waals surface area contributed by atoms with Gasteiger partial charge in [0.1, 0.15) is 4.99 Å². The van der Waals surface area contributed by atoms with Crippen LogP contribution in [0, 0.1) is 6.92 Å². The van der Waals surface area contributed by atoms with E-state index < -0.39 is 0 Å². The maximum atomic E-state index is 12.1. The van der Waals surface area contributed by atoms with Crippen LogP contribution in [0.1, 0.15) is 21.6 Å². The number of pyridine rings is 1. The second-order valence-corrected chi connectivity index (χ2v) is 4.52. The Morgan fingerprint density at radius 3 is 2.68 bits per heavy atom. The molecule has 19 heavy (non-hydrogen) atoms. The minimum absolute atomic E-state index is 0.205. The molecule has 0 radical (unpaired) electrons. The number of benzene rings is 1. The molecule has 5 heteroatoms. The number of aryl methyl sites for hydroxylation is 1. The van der Waals surface area contributed by atoms with Gasteiger partial charge in [-0.05, 0) is 31.2 Å². The summed E-state index contributed by atoms with van der Waals surface area (Å²) in [5, 5.41) is 2.80. The molecule has 0 bridgehead atoms. The minimum Gasteiger partial charge on any atom is -0.389 e. The topological polar surface area (TPSA) is 68.0 Å². The molecular weight excluding hydrogens is 258 g/mol. The van der Waals surface area contributed by atoms with Crippen molar-refractivity contribution in [2.75, 3.05) is 5.32 Å². The fraction of sp³-hybridized carbons (Fsp3) is 0.0714. The maximum absolute atomic E-state index is 12.1. The van der Waals surface area contributed by atoms with Crippen molar-refractivity contribution < 1.29 is 4.79 Å². The molecule has 96 valence electrons. The van der Waals surface area contributed by atoms with E-state index >= 15 is 0 Å². The van der Waals surface area contributed by atoms with E-state index in [1.54, 1.807) is 42.6 Å². The van der Waals surface area contributed by atoms with Crippen LogP contribution in [0.4, 0.5) is 5.69 Å². The molecule has 1 aromatic carbocycles. The average Bonchev–Trinajstić information content (AvgIpc) is 2.39. The Labute approximate surface area is 116 Å². The zero-order valence-electron chi connectivity index (χ0n) is 10.4. The third kappa shape index (κ3) is 3.35. The summed E-state index contributed by atoms with van der Waals surface area (Å²) in [6.07, 6.45) is 1.65. The van der Waals surface area contributed by atoms with Crippen molar-refractivity contribution in [1.82, 2.24) is 4.98 Å². The van der Waals surface area contributed by atoms with E-state index in [4.69, 9.17) is 18.0 Å². The van der Waals surface area contributed by atoms with Crippen molar-refractivity contribution in [3.63, 3.8) is 0 Å². The van der Waals surface area contributed by atoms with Crippen LogP contribution in [0.5, 0.6) is 0 Å². The van der Waals surface area contributed by atoms with Crippen LogP contribution in [-0.4, -0.2) is 15.9 Å². The van der Waals surface area contributed by atoms with Gasteiger partial charge in [0.15, 0.2) is 0 Å². The van der Waals surface area contributed by atoms with Gasteiger partial charge in [0, 0.05) is 28.7 Å². The molecule has 1 heterocycles. The van der Waals surface area contributed by atoms with Crippen molar-refractivity contribution in [3.05, 3.63) is 59.4 Å². The Morgan fingerprint density at radius 1 is 1.26 bits per heavy atom. The number of rotatable bonds is 3. The number of carbonyl (C=O) groups is 1. The van der Waals surface area contributed by atoms with E-state index in [9.17, 15) is 4.79 Å². The second-order valence-electron chi connectivity index (χ2n) is 4.09. The molecule has 0 aliphatic rings. The van der Waals surface area contributed by atoms with Crippen LogP contribution in [0.25, 0.3) is 0 Å². The van der Waals surface area contributed by atoms with Gasteiger partial charge < -0.3 is 11.1 Å². The number of nitrogens with one attached hydrogen (secondary N) is 1. The Morgan fingerprint density at radius 2 is 2.00 bits per heavy atom. The Hall–Kier alpha value is -2.27. The first-order chi connectivity index (χ1) is 9.06. The molecule has 0 atom stereocenters. The molecule has 0 aliphatic carbocycles. The normalized spacial score (nSPS) is 9.95. The van der Waals surface area contributed by atoms with E-state index in [0.717, 1.165) is 5.69 Å². The maximum Gasteiger partial charge on any atom is 0.255 e. The smallest absolute Gasteiger partial charge is 0.255 e. The molecule has 0 spiro atoms. The molecule has 0 aliphatic heterocycles. The van der Waals surface area contributed by atoms with Crippen molar-refractivity contribution in [2.45, 2.75) is 6.92 Å². The van der Waals surface area contributed by atoms with Gasteiger partial charge in [0.2, 0.25) is 0 Å². The number of nitrogens with two attached hydrogens (primary N) is 1. The SMILES string of the molecule is Cc1cc(NC(=O)c2cccc(C(N)=S)c2)ccn1. The van der Waals surface area contributed by atoms with Crippen LogP contribution in [0.3, 0.4) is 0 Å². The zero-order valence-corrected chi connectivity index (χ0v) is 11.2. The first kappa shape index (κ1) is 13.2. The van der Waals surface area contributed by atoms with E-state index in [0.29, 0.717) is 16.8 Å². The highest BCUT2D eigenvalue weighted by Gasteiger charge is 2.07. The molecule has 0 saturated carbocycles. The van der Waals surface area contributed by atoms with Crippen LogP contribution < -0.4 is 11.1 Å². The first-order valence-electron chi connectivity index (χ1n) is 5.70. The molecule has 1 amide bonds. The standard InChI is InChI=1S/C14H13N3OS/c1-9-7-12(5-6-16-9)17-14(18)11-4-2-3-10(8-11)13(15)19/h2-8H,1H3,(H2,15,19)(H,16,17,18). The number of hydrogen-bond donors (Lipinski definition) is 2. The molecule has 2 rings (SSSR count). The quantitative estimate of drug-likeness (QED) is 0.840. The van der Waals surface area contributed by atoms with Crippen LogP contribution in [0.15, 0.2) is 42.6 Å². The number of amides is 1. The number of thiocarbonyl (C=S) groups is 1. The summed E-state index contributed by atoms with van der Waals surface area (Å²) in [6.45, 7) is 1.86. The highest BCUT2D eigenvalue weighted by Crippen LogP contribution is 2.11. The Balaban J connectivity index is 2.20. The van der Waals surface area contributed by atoms with Gasteiger partial charge in [-0.25, -0.2) is 0 Å². The number of carbonyl (C=O) groups excluding carboxylic acids is 1. The van der Waals surface area contributed by atoms with Gasteiger partial charge in [-0.1, -0.05) is 24.4 Å². The lowest BCUT2D eigenvalue weighted by Crippen LogP contribution is -2.14. The van der Waals surface area contributed by atoms with Crippen LogP contribution >= 0.6 is 12.2 Å². The molecule has 0 fully saturated rings. The highest BCUT2D eigenvalue weighted by molar-refractivity contribution is 7.80. The largest absolute Gasteiger partial charge is 0.389 e. The van der Waals surface area contributed by atoms with Crippen molar-refractivity contribution in [2.24, 2.45) is 5.73 Å². The number of hydrogen-bond acceptors (Lipinski definition) is 3. The fourth-order valence-electron chi connectivity index (χ4n) is 1.64. The number of nitrogens with zero attached hydrogens (tertiary/aromatic N) is 1. The molecule has 0 saturated heterocycles. The number of aromatic nitrogens is 1. The molecule has 0 unspecified atom stereocenters. The summed E-state index contributed by atoms with van der Waals surface area (Å²) in [6, 6.07) is 10.4. The highest BCUT2D eigenvalue weighted by atomic mass is 32.1. The summed E-state index contributed by atoms with van der Waals surface area (Å²) >= 11 is 4.89. The summed E-state index contributed by atoms with van der Waals surface area (Å²) in [4.78, 5) is 16.4. The Kier molecular flexibility index (Phi) is 3.87. The van der Waals surface area contributed by atoms with Crippen molar-refractivity contribution >= 4 is 28.8 Å². The molecule has 1 aromatic heterocycles. The van der Waals surface area contributed by atoms with Gasteiger partial charge >= 0.3 is 0 Å². The lowest BCUT2D eigenvalue weighted by Gasteiger charge is -2.07. The van der Waals surface area contributed by atoms with Gasteiger partial charge in [-0.2, -0.15) is 0 Å². The van der Waals surface area contributed by atoms with Crippen LogP contribution in [-0.2, 0) is 0 Å². The molecule has 3 N–H and O–H groups in total. The van der Waals surface area contributed by atoms with Crippen LogP contribution in [0.2, 0.25) is 0 Å². The summed E-state index contributed by atoms with van der Waals surface area (Å²) in [7, 11) is 0. The van der Waals surface area contributed by atoms with E-state index in [1.165, 1.54) is 0 Å². The summed E-state index contributed by atoms with van der Waals surface area (Å²) in [5.74, 6) is -0.205. The second kappa shape index (κ2) is 5.58. The lowest BCUT2D eigenvalue weighted by molar-refractivity contribution is 0.102. The van der Waals surface area contributed by atoms with E-state index in [-0.39, 0.29) is 10.9 Å². The van der Waals surface area contributed by atoms with Gasteiger partial charge in [0.05, 0.1) is 0 Å². The molecule has 4 nitrogen and oxygen atoms in total.